The van der Waals surface area contributed by atoms with E-state index in [1.165, 1.54) is 5.56 Å². The number of nitrogens with zero attached hydrogens (tertiary/aromatic N) is 4. The summed E-state index contributed by atoms with van der Waals surface area (Å²) in [5, 5.41) is 13.1. The summed E-state index contributed by atoms with van der Waals surface area (Å²) in [6, 6.07) is 9.93. The predicted molar refractivity (Wildman–Crippen MR) is 71.4 cm³/mol. The topological polar surface area (TPSA) is 80.5 Å². The van der Waals surface area contributed by atoms with Gasteiger partial charge in [0.25, 0.3) is 0 Å². The molecule has 5 heteroatoms. The number of aromatic nitrogens is 3. The van der Waals surface area contributed by atoms with Crippen molar-refractivity contribution in [2.24, 2.45) is 0 Å². The molecule has 19 heavy (non-hydrogen) atoms. The van der Waals surface area contributed by atoms with Crippen LogP contribution in [0.15, 0.2) is 24.3 Å². The molecule has 2 heterocycles. The first-order valence-corrected chi connectivity index (χ1v) is 6.37. The van der Waals surface area contributed by atoms with Gasteiger partial charge in [0.1, 0.15) is 5.82 Å². The first kappa shape index (κ1) is 11.7. The molecule has 0 amide bonds. The van der Waals surface area contributed by atoms with Crippen LogP contribution in [0, 0.1) is 11.3 Å². The second kappa shape index (κ2) is 4.39. The summed E-state index contributed by atoms with van der Waals surface area (Å²) in [6.07, 6.45) is 1.03. The molecule has 0 aliphatic carbocycles. The summed E-state index contributed by atoms with van der Waals surface area (Å²) in [5.74, 6) is 2.07. The molecule has 0 saturated heterocycles. The van der Waals surface area contributed by atoms with Gasteiger partial charge in [-0.25, -0.2) is 4.68 Å². The van der Waals surface area contributed by atoms with Crippen molar-refractivity contribution in [2.45, 2.75) is 31.7 Å². The van der Waals surface area contributed by atoms with Gasteiger partial charge < -0.3 is 5.73 Å². The molecule has 3 rings (SSSR count). The van der Waals surface area contributed by atoms with Crippen LogP contribution in [0.25, 0.3) is 0 Å². The first-order chi connectivity index (χ1) is 9.17. The normalized spacial score (nSPS) is 21.7. The first-order valence-electron chi connectivity index (χ1n) is 6.37. The Kier molecular flexibility index (Phi) is 2.71. The maximum atomic E-state index is 8.83. The van der Waals surface area contributed by atoms with Crippen LogP contribution >= 0.6 is 0 Å². The molecule has 2 aromatic rings. The number of benzene rings is 1. The minimum atomic E-state index is 0.346. The van der Waals surface area contributed by atoms with Crippen LogP contribution in [0.1, 0.15) is 42.1 Å². The average Bonchev–Trinajstić information content (AvgIpc) is 2.80. The Morgan fingerprint density at radius 2 is 2.11 bits per heavy atom. The van der Waals surface area contributed by atoms with E-state index in [1.54, 1.807) is 0 Å². The Balaban J connectivity index is 1.89. The summed E-state index contributed by atoms with van der Waals surface area (Å²) in [7, 11) is 0. The fraction of sp³-hybridized carbons (Fsp3) is 0.357. The highest BCUT2D eigenvalue weighted by atomic mass is 15.4. The van der Waals surface area contributed by atoms with Crippen molar-refractivity contribution in [3.05, 3.63) is 41.2 Å². The quantitative estimate of drug-likeness (QED) is 0.843. The highest BCUT2D eigenvalue weighted by molar-refractivity contribution is 5.33. The molecule has 2 N–H and O–H groups in total. The lowest BCUT2D eigenvalue weighted by Crippen LogP contribution is -2.22. The zero-order valence-electron chi connectivity index (χ0n) is 10.7. The van der Waals surface area contributed by atoms with Crippen molar-refractivity contribution in [3.63, 3.8) is 0 Å². The Bertz CT molecular complexity index is 635. The summed E-state index contributed by atoms with van der Waals surface area (Å²) < 4.78 is 1.91. The predicted octanol–water partition coefficient (Wildman–Crippen LogP) is 2.02. The highest BCUT2D eigenvalue weighted by Gasteiger charge is 2.27. The van der Waals surface area contributed by atoms with Crippen LogP contribution in [0.5, 0.6) is 0 Å². The molecule has 1 aliphatic heterocycles. The Morgan fingerprint density at radius 1 is 1.37 bits per heavy atom. The standard InChI is InChI=1S/C14H15N5/c1-9-6-12(8-19-13(9)17-14(16)18-19)11-4-2-10(7-15)3-5-11/h2-5,9,12H,6,8H2,1H3,(H2,16,18). The Hall–Kier alpha value is -2.35. The second-order valence-electron chi connectivity index (χ2n) is 5.08. The maximum absolute atomic E-state index is 8.83. The summed E-state index contributed by atoms with van der Waals surface area (Å²) in [4.78, 5) is 4.27. The van der Waals surface area contributed by atoms with E-state index in [9.17, 15) is 0 Å². The van der Waals surface area contributed by atoms with Crippen molar-refractivity contribution in [1.29, 1.82) is 5.26 Å². The average molecular weight is 253 g/mol. The molecule has 1 aromatic heterocycles. The smallest absolute Gasteiger partial charge is 0.239 e. The number of hydrogen-bond acceptors (Lipinski definition) is 4. The molecule has 0 fully saturated rings. The van der Waals surface area contributed by atoms with Crippen LogP contribution in [0.3, 0.4) is 0 Å². The van der Waals surface area contributed by atoms with Crippen molar-refractivity contribution < 1.29 is 0 Å². The Labute approximate surface area is 111 Å². The third-order valence-electron chi connectivity index (χ3n) is 3.70. The van der Waals surface area contributed by atoms with Gasteiger partial charge in [0.15, 0.2) is 0 Å². The second-order valence-corrected chi connectivity index (χ2v) is 5.08. The number of fused-ring (bicyclic) bond motifs is 1. The third-order valence-corrected chi connectivity index (χ3v) is 3.70. The Morgan fingerprint density at radius 3 is 2.79 bits per heavy atom. The fourth-order valence-corrected chi connectivity index (χ4v) is 2.76. The number of nitrogen functional groups attached to an aromatic ring is 1. The largest absolute Gasteiger partial charge is 0.366 e. The molecule has 0 saturated carbocycles. The highest BCUT2D eigenvalue weighted by Crippen LogP contribution is 2.35. The molecule has 0 bridgehead atoms. The van der Waals surface area contributed by atoms with Gasteiger partial charge >= 0.3 is 0 Å². The van der Waals surface area contributed by atoms with Crippen LogP contribution in [0.4, 0.5) is 5.95 Å². The minimum Gasteiger partial charge on any atom is -0.366 e. The number of hydrogen-bond donors (Lipinski definition) is 1. The molecule has 0 radical (unpaired) electrons. The molecule has 2 atom stereocenters. The van der Waals surface area contributed by atoms with E-state index in [0.29, 0.717) is 23.3 Å². The lowest BCUT2D eigenvalue weighted by atomic mass is 9.86. The molecular weight excluding hydrogens is 238 g/mol. The molecular formula is C14H15N5. The van der Waals surface area contributed by atoms with Crippen molar-refractivity contribution in [3.8, 4) is 6.07 Å². The zero-order chi connectivity index (χ0) is 13.4. The van der Waals surface area contributed by atoms with Gasteiger partial charge in [-0.15, -0.1) is 5.10 Å². The van der Waals surface area contributed by atoms with Gasteiger partial charge in [-0.3, -0.25) is 0 Å². The molecule has 96 valence electrons. The number of nitrogens with two attached hydrogens (primary N) is 1. The van der Waals surface area contributed by atoms with E-state index >= 15 is 0 Å². The van der Waals surface area contributed by atoms with Gasteiger partial charge in [0.2, 0.25) is 5.95 Å². The van der Waals surface area contributed by atoms with E-state index in [2.05, 4.69) is 23.1 Å². The van der Waals surface area contributed by atoms with Crippen LogP contribution in [0.2, 0.25) is 0 Å². The van der Waals surface area contributed by atoms with E-state index in [4.69, 9.17) is 11.0 Å². The van der Waals surface area contributed by atoms with E-state index in [-0.39, 0.29) is 0 Å². The van der Waals surface area contributed by atoms with E-state index in [0.717, 1.165) is 18.8 Å². The SMILES string of the molecule is CC1CC(c2ccc(C#N)cc2)Cn2nc(N)nc21. The minimum absolute atomic E-state index is 0.346. The van der Waals surface area contributed by atoms with Crippen LogP contribution in [-0.4, -0.2) is 14.8 Å². The molecule has 0 spiro atoms. The summed E-state index contributed by atoms with van der Waals surface area (Å²) in [5.41, 5.74) is 7.60. The molecule has 1 aromatic carbocycles. The van der Waals surface area contributed by atoms with Gasteiger partial charge in [-0.05, 0) is 24.1 Å². The van der Waals surface area contributed by atoms with Crippen molar-refractivity contribution >= 4 is 5.95 Å². The monoisotopic (exact) mass is 253 g/mol. The van der Waals surface area contributed by atoms with E-state index < -0.39 is 0 Å². The lowest BCUT2D eigenvalue weighted by Gasteiger charge is -2.27. The van der Waals surface area contributed by atoms with Crippen molar-refractivity contribution in [1.82, 2.24) is 14.8 Å². The van der Waals surface area contributed by atoms with Crippen molar-refractivity contribution in [2.75, 3.05) is 5.73 Å². The number of rotatable bonds is 1. The van der Waals surface area contributed by atoms with Gasteiger partial charge in [0.05, 0.1) is 11.6 Å². The third kappa shape index (κ3) is 2.06. The zero-order valence-corrected chi connectivity index (χ0v) is 10.7. The van der Waals surface area contributed by atoms with E-state index in [1.807, 2.05) is 28.9 Å². The lowest BCUT2D eigenvalue weighted by molar-refractivity contribution is 0.382. The summed E-state index contributed by atoms with van der Waals surface area (Å²) >= 11 is 0. The maximum Gasteiger partial charge on any atom is 0.239 e. The molecule has 1 aliphatic rings. The molecule has 2 unspecified atom stereocenters. The number of nitriles is 1. The van der Waals surface area contributed by atoms with Crippen LogP contribution < -0.4 is 5.73 Å². The van der Waals surface area contributed by atoms with Crippen LogP contribution in [-0.2, 0) is 6.54 Å². The van der Waals surface area contributed by atoms with Gasteiger partial charge in [-0.2, -0.15) is 10.2 Å². The summed E-state index contributed by atoms with van der Waals surface area (Å²) in [6.45, 7) is 2.95. The fourth-order valence-electron chi connectivity index (χ4n) is 2.76. The molecule has 5 nitrogen and oxygen atoms in total. The van der Waals surface area contributed by atoms with Gasteiger partial charge in [0, 0.05) is 18.4 Å². The van der Waals surface area contributed by atoms with Gasteiger partial charge in [-0.1, -0.05) is 19.1 Å². The number of anilines is 1.